The van der Waals surface area contributed by atoms with E-state index in [4.69, 9.17) is 21.8 Å². The number of hydrazone groups is 1. The molecule has 13 heteroatoms. The van der Waals surface area contributed by atoms with Crippen molar-refractivity contribution in [3.05, 3.63) is 46.7 Å². The monoisotopic (exact) mass is 478 g/mol. The molecule has 0 saturated carbocycles. The Morgan fingerprint density at radius 2 is 1.97 bits per heavy atom. The average Bonchev–Trinajstić information content (AvgIpc) is 3.24. The topological polar surface area (TPSA) is 109 Å². The summed E-state index contributed by atoms with van der Waals surface area (Å²) in [5.74, 6) is -1.24. The maximum absolute atomic E-state index is 13.0. The summed E-state index contributed by atoms with van der Waals surface area (Å²) in [4.78, 5) is 36.3. The second kappa shape index (κ2) is 9.50. The molecule has 1 aromatic heterocycles. The smallest absolute Gasteiger partial charge is 0.417 e. The van der Waals surface area contributed by atoms with E-state index in [-0.39, 0.29) is 42.5 Å². The third-order valence-electron chi connectivity index (χ3n) is 4.06. The second-order valence-electron chi connectivity index (χ2n) is 6.14. The summed E-state index contributed by atoms with van der Waals surface area (Å²) in [6.45, 7) is -0.458. The van der Waals surface area contributed by atoms with Crippen molar-refractivity contribution in [3.63, 3.8) is 0 Å². The molecular weight excluding hydrogens is 464 g/mol. The number of nitrogens with zero attached hydrogens (tertiary/aromatic N) is 3. The summed E-state index contributed by atoms with van der Waals surface area (Å²) in [6.07, 6.45) is -3.69. The lowest BCUT2D eigenvalue weighted by Gasteiger charge is -2.11. The summed E-state index contributed by atoms with van der Waals surface area (Å²) in [6, 6.07) is 5.23. The number of halogens is 5. The minimum atomic E-state index is -4.63. The molecule has 0 radical (unpaired) electrons. The first-order valence-electron chi connectivity index (χ1n) is 8.50. The first kappa shape index (κ1) is 24.4. The predicted octanol–water partition coefficient (Wildman–Crippen LogP) is 3.51. The second-order valence-corrected chi connectivity index (χ2v) is 6.55. The number of hydrogen-bond donors (Lipinski definition) is 1. The molecule has 3 rings (SSSR count). The molecule has 8 nitrogen and oxygen atoms in total. The molecule has 166 valence electrons. The first-order chi connectivity index (χ1) is 14.1. The number of carbonyl (C=O) groups is 3. The maximum atomic E-state index is 13.0. The molecule has 1 fully saturated rings. The van der Waals surface area contributed by atoms with Crippen LogP contribution in [0.25, 0.3) is 11.3 Å². The summed E-state index contributed by atoms with van der Waals surface area (Å²) in [5, 5.41) is 4.14. The number of amides is 4. The number of carbonyl (C=O) groups excluding carboxylic acids is 3. The van der Waals surface area contributed by atoms with E-state index in [2.05, 4.69) is 5.10 Å². The summed E-state index contributed by atoms with van der Waals surface area (Å²) < 4.78 is 44.5. The fourth-order valence-electron chi connectivity index (χ4n) is 2.66. The summed E-state index contributed by atoms with van der Waals surface area (Å²) in [7, 11) is 0. The van der Waals surface area contributed by atoms with Crippen molar-refractivity contribution >= 4 is 48.1 Å². The van der Waals surface area contributed by atoms with Gasteiger partial charge < -0.3 is 10.2 Å². The number of furan rings is 1. The molecule has 1 aliphatic heterocycles. The van der Waals surface area contributed by atoms with Crippen LogP contribution in [-0.2, 0) is 15.8 Å². The van der Waals surface area contributed by atoms with E-state index in [0.717, 1.165) is 23.4 Å². The van der Waals surface area contributed by atoms with Gasteiger partial charge in [-0.15, -0.1) is 12.4 Å². The standard InChI is InChI=1S/C18H14ClF3N4O4.ClH/c19-13-3-1-10(7-12(13)18(20,21)22)14-4-2-11(30-14)8-24-25-9-16(28)26(17(25)29)15(27)5-6-23;/h1-4,7-8H,5-6,9,23H2;1H/b24-8+;. The van der Waals surface area contributed by atoms with E-state index in [0.29, 0.717) is 4.90 Å². The van der Waals surface area contributed by atoms with Crippen LogP contribution >= 0.6 is 24.0 Å². The van der Waals surface area contributed by atoms with Gasteiger partial charge in [0.25, 0.3) is 5.91 Å². The Morgan fingerprint density at radius 3 is 2.61 bits per heavy atom. The lowest BCUT2D eigenvalue weighted by molar-refractivity contribution is -0.139. The Morgan fingerprint density at radius 1 is 1.26 bits per heavy atom. The fraction of sp³-hybridized carbons (Fsp3) is 0.222. The highest BCUT2D eigenvalue weighted by atomic mass is 35.5. The Labute approximate surface area is 184 Å². The van der Waals surface area contributed by atoms with Crippen LogP contribution in [0.1, 0.15) is 17.7 Å². The summed E-state index contributed by atoms with van der Waals surface area (Å²) in [5.41, 5.74) is 4.39. The fourth-order valence-corrected chi connectivity index (χ4v) is 2.88. The number of benzene rings is 1. The molecule has 1 saturated heterocycles. The molecule has 0 spiro atoms. The normalized spacial score (nSPS) is 14.5. The van der Waals surface area contributed by atoms with Crippen LogP contribution in [-0.4, -0.2) is 47.1 Å². The molecule has 1 aromatic carbocycles. The van der Waals surface area contributed by atoms with E-state index >= 15 is 0 Å². The van der Waals surface area contributed by atoms with Crippen molar-refractivity contribution in [3.8, 4) is 11.3 Å². The molecule has 0 bridgehead atoms. The number of alkyl halides is 3. The minimum absolute atomic E-state index is 0. The lowest BCUT2D eigenvalue weighted by atomic mass is 10.1. The van der Waals surface area contributed by atoms with Crippen molar-refractivity contribution in [2.24, 2.45) is 10.8 Å². The van der Waals surface area contributed by atoms with Gasteiger partial charge in [-0.2, -0.15) is 23.2 Å². The number of rotatable bonds is 5. The molecule has 1 aliphatic rings. The predicted molar refractivity (Wildman–Crippen MR) is 107 cm³/mol. The lowest BCUT2D eigenvalue weighted by Crippen LogP contribution is -2.38. The zero-order valence-corrected chi connectivity index (χ0v) is 17.1. The van der Waals surface area contributed by atoms with Gasteiger partial charge in [-0.05, 0) is 30.3 Å². The average molecular weight is 479 g/mol. The highest BCUT2D eigenvalue weighted by molar-refractivity contribution is 6.31. The van der Waals surface area contributed by atoms with Crippen molar-refractivity contribution in [2.45, 2.75) is 12.6 Å². The molecule has 0 aliphatic carbocycles. The van der Waals surface area contributed by atoms with Crippen molar-refractivity contribution in [1.29, 1.82) is 0 Å². The minimum Gasteiger partial charge on any atom is -0.455 e. The Bertz CT molecular complexity index is 1040. The molecule has 2 N–H and O–H groups in total. The molecule has 2 aromatic rings. The third-order valence-corrected chi connectivity index (χ3v) is 4.39. The SMILES string of the molecule is Cl.NCCC(=O)N1C(=O)CN(/N=C/c2ccc(-c3ccc(Cl)c(C(F)(F)F)c3)o2)C1=O. The largest absolute Gasteiger partial charge is 0.455 e. The van der Waals surface area contributed by atoms with Crippen LogP contribution in [0.4, 0.5) is 18.0 Å². The summed E-state index contributed by atoms with van der Waals surface area (Å²) >= 11 is 5.60. The molecule has 0 atom stereocenters. The zero-order valence-electron chi connectivity index (χ0n) is 15.6. The van der Waals surface area contributed by atoms with Gasteiger partial charge in [0, 0.05) is 18.5 Å². The Balaban J connectivity index is 0.00000341. The highest BCUT2D eigenvalue weighted by Gasteiger charge is 2.40. The van der Waals surface area contributed by atoms with Crippen molar-refractivity contribution < 1.29 is 32.0 Å². The number of nitrogens with two attached hydrogens (primary N) is 1. The highest BCUT2D eigenvalue weighted by Crippen LogP contribution is 2.37. The van der Waals surface area contributed by atoms with Crippen LogP contribution in [0.5, 0.6) is 0 Å². The van der Waals surface area contributed by atoms with Crippen LogP contribution in [0.3, 0.4) is 0 Å². The molecule has 31 heavy (non-hydrogen) atoms. The van der Waals surface area contributed by atoms with Gasteiger partial charge in [-0.25, -0.2) is 9.80 Å². The van der Waals surface area contributed by atoms with Crippen LogP contribution in [0.2, 0.25) is 5.02 Å². The van der Waals surface area contributed by atoms with Gasteiger partial charge in [0.05, 0.1) is 16.8 Å². The van der Waals surface area contributed by atoms with E-state index in [9.17, 15) is 27.6 Å². The van der Waals surface area contributed by atoms with E-state index in [1.54, 1.807) is 0 Å². The zero-order chi connectivity index (χ0) is 22.1. The van der Waals surface area contributed by atoms with E-state index < -0.39 is 41.2 Å². The Kier molecular flexibility index (Phi) is 7.47. The third kappa shape index (κ3) is 5.24. The molecular formula is C18H15Cl2F3N4O4. The van der Waals surface area contributed by atoms with E-state index in [1.807, 2.05) is 0 Å². The number of imide groups is 3. The van der Waals surface area contributed by atoms with Gasteiger partial charge in [-0.3, -0.25) is 9.59 Å². The molecule has 0 unspecified atom stereocenters. The number of hydrogen-bond acceptors (Lipinski definition) is 6. The van der Waals surface area contributed by atoms with Gasteiger partial charge in [-0.1, -0.05) is 11.6 Å². The van der Waals surface area contributed by atoms with Crippen LogP contribution in [0, 0.1) is 0 Å². The Hall–Kier alpha value is -2.89. The van der Waals surface area contributed by atoms with Gasteiger partial charge >= 0.3 is 12.2 Å². The maximum Gasteiger partial charge on any atom is 0.417 e. The van der Waals surface area contributed by atoms with E-state index in [1.165, 1.54) is 18.2 Å². The van der Waals surface area contributed by atoms with Crippen molar-refractivity contribution in [1.82, 2.24) is 9.91 Å². The van der Waals surface area contributed by atoms with Crippen molar-refractivity contribution in [2.75, 3.05) is 13.1 Å². The first-order valence-corrected chi connectivity index (χ1v) is 8.88. The van der Waals surface area contributed by atoms with Gasteiger partial charge in [0.15, 0.2) is 0 Å². The molecule has 2 heterocycles. The van der Waals surface area contributed by atoms with Crippen LogP contribution < -0.4 is 5.73 Å². The number of urea groups is 1. The van der Waals surface area contributed by atoms with Gasteiger partial charge in [0.2, 0.25) is 5.91 Å². The van der Waals surface area contributed by atoms with Crippen LogP contribution in [0.15, 0.2) is 39.9 Å². The quantitative estimate of drug-likeness (QED) is 0.522. The molecule has 4 amide bonds. The van der Waals surface area contributed by atoms with Gasteiger partial charge in [0.1, 0.15) is 18.1 Å².